The molecule has 0 bridgehead atoms. The molecule has 3 aromatic rings. The monoisotopic (exact) mass is 408 g/mol. The van der Waals surface area contributed by atoms with E-state index in [2.05, 4.69) is 10.3 Å². The maximum absolute atomic E-state index is 13.4. The zero-order chi connectivity index (χ0) is 21.1. The Bertz CT molecular complexity index is 1060. The van der Waals surface area contributed by atoms with Gasteiger partial charge in [0.05, 0.1) is 6.04 Å². The van der Waals surface area contributed by atoms with Crippen LogP contribution in [-0.4, -0.2) is 22.7 Å². The zero-order valence-corrected chi connectivity index (χ0v) is 16.4. The lowest BCUT2D eigenvalue weighted by atomic mass is 10.0. The van der Waals surface area contributed by atoms with Gasteiger partial charge in [0.1, 0.15) is 11.6 Å². The fourth-order valence-electron chi connectivity index (χ4n) is 3.84. The average Bonchev–Trinajstić information content (AvgIpc) is 3.34. The molecule has 0 saturated heterocycles. The molecule has 0 radical (unpaired) electrons. The molecule has 0 spiro atoms. The van der Waals surface area contributed by atoms with Gasteiger partial charge < -0.3 is 10.3 Å². The van der Waals surface area contributed by atoms with Crippen LogP contribution >= 0.6 is 0 Å². The molecule has 1 saturated carbocycles. The summed E-state index contributed by atoms with van der Waals surface area (Å²) >= 11 is 0. The van der Waals surface area contributed by atoms with Crippen LogP contribution < -0.4 is 5.32 Å². The van der Waals surface area contributed by atoms with Gasteiger partial charge in [-0.05, 0) is 90.6 Å². The number of hydrogen-bond acceptors (Lipinski definition) is 2. The van der Waals surface area contributed by atoms with E-state index in [0.717, 1.165) is 34.5 Å². The molecule has 154 valence electrons. The van der Waals surface area contributed by atoms with Crippen molar-refractivity contribution in [1.29, 1.82) is 0 Å². The minimum absolute atomic E-state index is 0.0931. The Morgan fingerprint density at radius 1 is 1.00 bits per heavy atom. The van der Waals surface area contributed by atoms with Crippen molar-refractivity contribution < 1.29 is 18.4 Å². The first-order valence-corrected chi connectivity index (χ1v) is 10.1. The minimum Gasteiger partial charge on any atom is -0.354 e. The van der Waals surface area contributed by atoms with Crippen LogP contribution in [0.2, 0.25) is 0 Å². The molecule has 4 nitrogen and oxygen atoms in total. The van der Waals surface area contributed by atoms with Gasteiger partial charge >= 0.3 is 0 Å². The third kappa shape index (κ3) is 4.48. The molecule has 0 aliphatic heterocycles. The van der Waals surface area contributed by atoms with Crippen LogP contribution in [0, 0.1) is 11.6 Å². The van der Waals surface area contributed by atoms with Gasteiger partial charge in [-0.15, -0.1) is 0 Å². The summed E-state index contributed by atoms with van der Waals surface area (Å²) in [6.07, 6.45) is 2.73. The Balaban J connectivity index is 1.56. The summed E-state index contributed by atoms with van der Waals surface area (Å²) in [4.78, 5) is 27.4. The Morgan fingerprint density at radius 3 is 2.23 bits per heavy atom. The van der Waals surface area contributed by atoms with Crippen LogP contribution in [0.3, 0.4) is 0 Å². The standard InChI is InChI=1S/C24H22F2N2O2/c25-18-9-4-15(5-10-18)21-14-17(24(28-21)16-6-11-19(26)12-7-16)8-13-23(30)27-20-2-1-3-22(20)29/h4-7,9-12,14,20,28H,1-3,8,13H2,(H,27,30). The second-order valence-electron chi connectivity index (χ2n) is 7.58. The lowest BCUT2D eigenvalue weighted by molar-refractivity contribution is -0.126. The second-order valence-corrected chi connectivity index (χ2v) is 7.58. The molecule has 2 aromatic carbocycles. The molecular formula is C24H22F2N2O2. The van der Waals surface area contributed by atoms with Crippen molar-refractivity contribution in [2.24, 2.45) is 0 Å². The van der Waals surface area contributed by atoms with Crippen LogP contribution in [0.25, 0.3) is 22.5 Å². The average molecular weight is 408 g/mol. The third-order valence-corrected chi connectivity index (χ3v) is 5.45. The number of carbonyl (C=O) groups is 2. The Hall–Kier alpha value is -3.28. The molecule has 1 aliphatic rings. The Morgan fingerprint density at radius 2 is 1.63 bits per heavy atom. The number of benzene rings is 2. The van der Waals surface area contributed by atoms with Gasteiger partial charge in [-0.3, -0.25) is 9.59 Å². The number of carbonyl (C=O) groups excluding carboxylic acids is 2. The van der Waals surface area contributed by atoms with Crippen LogP contribution in [0.15, 0.2) is 54.6 Å². The Kier molecular flexibility index (Phi) is 5.74. The van der Waals surface area contributed by atoms with Crippen LogP contribution in [-0.2, 0) is 16.0 Å². The quantitative estimate of drug-likeness (QED) is 0.616. The number of ketones is 1. The summed E-state index contributed by atoms with van der Waals surface area (Å²) in [7, 11) is 0. The predicted molar refractivity (Wildman–Crippen MR) is 111 cm³/mol. The number of aromatic nitrogens is 1. The van der Waals surface area contributed by atoms with Gasteiger partial charge in [0, 0.05) is 24.2 Å². The number of H-pyrrole nitrogens is 1. The number of amides is 1. The van der Waals surface area contributed by atoms with E-state index >= 15 is 0 Å². The largest absolute Gasteiger partial charge is 0.354 e. The minimum atomic E-state index is -0.366. The smallest absolute Gasteiger partial charge is 0.220 e. The molecule has 1 atom stereocenters. The molecule has 1 aliphatic carbocycles. The van der Waals surface area contributed by atoms with Gasteiger partial charge in [-0.1, -0.05) is 0 Å². The van der Waals surface area contributed by atoms with E-state index in [-0.39, 0.29) is 35.8 Å². The summed E-state index contributed by atoms with van der Waals surface area (Å²) in [5.74, 6) is -0.714. The van der Waals surface area contributed by atoms with Crippen LogP contribution in [0.1, 0.15) is 31.2 Å². The van der Waals surface area contributed by atoms with Crippen molar-refractivity contribution in [1.82, 2.24) is 10.3 Å². The highest BCUT2D eigenvalue weighted by molar-refractivity contribution is 5.90. The summed E-state index contributed by atoms with van der Waals surface area (Å²) < 4.78 is 26.6. The summed E-state index contributed by atoms with van der Waals surface area (Å²) in [6.45, 7) is 0. The SMILES string of the molecule is O=C(CCc1cc(-c2ccc(F)cc2)[nH]c1-c1ccc(F)cc1)NC1CCCC1=O. The van der Waals surface area contributed by atoms with Crippen molar-refractivity contribution in [2.75, 3.05) is 0 Å². The maximum Gasteiger partial charge on any atom is 0.220 e. The molecule has 1 heterocycles. The van der Waals surface area contributed by atoms with E-state index in [1.54, 1.807) is 24.3 Å². The lowest BCUT2D eigenvalue weighted by Crippen LogP contribution is -2.37. The first-order chi connectivity index (χ1) is 14.5. The van der Waals surface area contributed by atoms with Crippen molar-refractivity contribution in [3.63, 3.8) is 0 Å². The van der Waals surface area contributed by atoms with Gasteiger partial charge in [-0.2, -0.15) is 0 Å². The molecule has 4 rings (SSSR count). The van der Waals surface area contributed by atoms with Gasteiger partial charge in [0.25, 0.3) is 0 Å². The summed E-state index contributed by atoms with van der Waals surface area (Å²) in [5, 5.41) is 2.82. The van der Waals surface area contributed by atoms with Gasteiger partial charge in [-0.25, -0.2) is 8.78 Å². The van der Waals surface area contributed by atoms with E-state index in [4.69, 9.17) is 0 Å². The number of nitrogens with one attached hydrogen (secondary N) is 2. The fourth-order valence-corrected chi connectivity index (χ4v) is 3.84. The zero-order valence-electron chi connectivity index (χ0n) is 16.4. The number of rotatable bonds is 6. The molecule has 2 N–H and O–H groups in total. The van der Waals surface area contributed by atoms with Crippen molar-refractivity contribution >= 4 is 11.7 Å². The van der Waals surface area contributed by atoms with Crippen molar-refractivity contribution in [3.8, 4) is 22.5 Å². The number of halogens is 2. The van der Waals surface area contributed by atoms with E-state index < -0.39 is 0 Å². The summed E-state index contributed by atoms with van der Waals surface area (Å²) in [5.41, 5.74) is 4.08. The van der Waals surface area contributed by atoms with Crippen LogP contribution in [0.5, 0.6) is 0 Å². The summed E-state index contributed by atoms with van der Waals surface area (Å²) in [6, 6.07) is 13.8. The molecule has 1 amide bonds. The molecule has 1 unspecified atom stereocenters. The molecule has 30 heavy (non-hydrogen) atoms. The number of hydrogen-bond donors (Lipinski definition) is 2. The van der Waals surface area contributed by atoms with Crippen molar-refractivity contribution in [3.05, 3.63) is 71.8 Å². The van der Waals surface area contributed by atoms with Crippen molar-refractivity contribution in [2.45, 2.75) is 38.1 Å². The van der Waals surface area contributed by atoms with E-state index in [9.17, 15) is 18.4 Å². The predicted octanol–water partition coefficient (Wildman–Crippen LogP) is 4.80. The van der Waals surface area contributed by atoms with Gasteiger partial charge in [0.15, 0.2) is 5.78 Å². The second kappa shape index (κ2) is 8.61. The highest BCUT2D eigenvalue weighted by Crippen LogP contribution is 2.30. The molecule has 1 fully saturated rings. The lowest BCUT2D eigenvalue weighted by Gasteiger charge is -2.11. The molecule has 6 heteroatoms. The first kappa shape index (κ1) is 20.0. The first-order valence-electron chi connectivity index (χ1n) is 10.1. The molecular weight excluding hydrogens is 386 g/mol. The Labute approximate surface area is 173 Å². The number of Topliss-reactive ketones (excluding diaryl/α,β-unsaturated/α-hetero) is 1. The van der Waals surface area contributed by atoms with Gasteiger partial charge in [0.2, 0.25) is 5.91 Å². The maximum atomic E-state index is 13.4. The normalized spacial score (nSPS) is 16.1. The molecule has 1 aromatic heterocycles. The highest BCUT2D eigenvalue weighted by Gasteiger charge is 2.25. The number of aryl methyl sites for hydroxylation is 1. The topological polar surface area (TPSA) is 62.0 Å². The fraction of sp³-hybridized carbons (Fsp3) is 0.250. The van der Waals surface area contributed by atoms with E-state index in [1.807, 2.05) is 6.07 Å². The third-order valence-electron chi connectivity index (χ3n) is 5.45. The highest BCUT2D eigenvalue weighted by atomic mass is 19.1. The number of aromatic amines is 1. The van der Waals surface area contributed by atoms with Crippen LogP contribution in [0.4, 0.5) is 8.78 Å². The van der Waals surface area contributed by atoms with E-state index in [1.165, 1.54) is 24.3 Å². The van der Waals surface area contributed by atoms with E-state index in [0.29, 0.717) is 19.3 Å².